The van der Waals surface area contributed by atoms with Crippen LogP contribution in [0.25, 0.3) is 11.1 Å². The molecule has 0 amide bonds. The largest absolute Gasteiger partial charge is 0.488 e. The number of aromatic nitrogens is 1. The Bertz CT molecular complexity index is 1630. The van der Waals surface area contributed by atoms with Gasteiger partial charge in [-0.05, 0) is 53.4 Å². The van der Waals surface area contributed by atoms with Gasteiger partial charge in [0.05, 0.1) is 16.1 Å². The highest BCUT2D eigenvalue weighted by molar-refractivity contribution is 6.32. The van der Waals surface area contributed by atoms with Crippen LogP contribution in [0, 0.1) is 18.3 Å². The van der Waals surface area contributed by atoms with Gasteiger partial charge in [0.1, 0.15) is 37.4 Å². The molecule has 0 saturated heterocycles. The standard InChI is InChI=1S/C31H23ClN2O6/c1-19-6-22(23-4-5-28-31(9-23)40-26(15-36)18-39-28)2-3-24(19)17-38-30-10-29(25(14-35)8-27(30)32)37-16-21-7-20(11-33)12-34-13-21/h2-10,12-15,26H,16-18H2,1H3. The van der Waals surface area contributed by atoms with Gasteiger partial charge in [0.25, 0.3) is 0 Å². The Hall–Kier alpha value is -4.87. The van der Waals surface area contributed by atoms with E-state index in [0.29, 0.717) is 40.4 Å². The number of benzene rings is 3. The van der Waals surface area contributed by atoms with E-state index in [4.69, 9.17) is 35.8 Å². The zero-order valence-corrected chi connectivity index (χ0v) is 22.2. The van der Waals surface area contributed by atoms with Gasteiger partial charge in [-0.15, -0.1) is 0 Å². The lowest BCUT2D eigenvalue weighted by Crippen LogP contribution is -2.30. The van der Waals surface area contributed by atoms with Crippen LogP contribution in [-0.2, 0) is 18.0 Å². The lowest BCUT2D eigenvalue weighted by atomic mass is 9.99. The van der Waals surface area contributed by atoms with Gasteiger partial charge in [0, 0.05) is 24.0 Å². The van der Waals surface area contributed by atoms with Gasteiger partial charge in [-0.1, -0.05) is 35.9 Å². The topological polar surface area (TPSA) is 108 Å². The van der Waals surface area contributed by atoms with E-state index >= 15 is 0 Å². The van der Waals surface area contributed by atoms with Crippen molar-refractivity contribution in [2.24, 2.45) is 0 Å². The molecule has 0 aliphatic carbocycles. The van der Waals surface area contributed by atoms with E-state index in [1.807, 2.05) is 49.4 Å². The summed E-state index contributed by atoms with van der Waals surface area (Å²) in [7, 11) is 0. The van der Waals surface area contributed by atoms with E-state index in [0.717, 1.165) is 28.5 Å². The van der Waals surface area contributed by atoms with Gasteiger partial charge in [-0.3, -0.25) is 14.6 Å². The highest BCUT2D eigenvalue weighted by Gasteiger charge is 2.21. The zero-order valence-electron chi connectivity index (χ0n) is 21.4. The fourth-order valence-corrected chi connectivity index (χ4v) is 4.42. The second-order valence-corrected chi connectivity index (χ2v) is 9.52. The minimum absolute atomic E-state index is 0.112. The molecule has 40 heavy (non-hydrogen) atoms. The first kappa shape index (κ1) is 26.7. The molecule has 4 aromatic rings. The fraction of sp³-hybridized carbons (Fsp3) is 0.161. The molecule has 1 aliphatic heterocycles. The van der Waals surface area contributed by atoms with Crippen LogP contribution in [0.15, 0.2) is 67.0 Å². The molecule has 2 heterocycles. The maximum atomic E-state index is 11.6. The molecule has 0 saturated carbocycles. The number of halogens is 1. The van der Waals surface area contributed by atoms with Crippen LogP contribution in [0.3, 0.4) is 0 Å². The zero-order chi connectivity index (χ0) is 28.1. The van der Waals surface area contributed by atoms with E-state index in [1.165, 1.54) is 12.3 Å². The molecule has 1 aliphatic rings. The summed E-state index contributed by atoms with van der Waals surface area (Å²) < 4.78 is 23.2. The first-order valence-corrected chi connectivity index (χ1v) is 12.7. The number of nitriles is 1. The second-order valence-electron chi connectivity index (χ2n) is 9.12. The van der Waals surface area contributed by atoms with E-state index in [1.54, 1.807) is 18.3 Å². The summed E-state index contributed by atoms with van der Waals surface area (Å²) in [6.07, 6.45) is 3.83. The number of nitrogens with zero attached hydrogens (tertiary/aromatic N) is 2. The summed E-state index contributed by atoms with van der Waals surface area (Å²) in [5.74, 6) is 1.81. The Morgan fingerprint density at radius 1 is 1.00 bits per heavy atom. The highest BCUT2D eigenvalue weighted by Crippen LogP contribution is 2.37. The molecular formula is C31H23ClN2O6. The van der Waals surface area contributed by atoms with Crippen molar-refractivity contribution in [1.82, 2.24) is 4.98 Å². The Balaban J connectivity index is 1.30. The average Bonchev–Trinajstić information content (AvgIpc) is 2.99. The van der Waals surface area contributed by atoms with Crippen molar-refractivity contribution in [3.63, 3.8) is 0 Å². The maximum absolute atomic E-state index is 11.6. The molecule has 1 unspecified atom stereocenters. The van der Waals surface area contributed by atoms with Crippen molar-refractivity contribution in [3.8, 4) is 40.2 Å². The SMILES string of the molecule is Cc1cc(-c2ccc3c(c2)OC(C=O)CO3)ccc1COc1cc(OCc2cncc(C#N)c2)c(C=O)cc1Cl. The number of hydrogen-bond acceptors (Lipinski definition) is 8. The smallest absolute Gasteiger partial charge is 0.187 e. The predicted molar refractivity (Wildman–Crippen MR) is 147 cm³/mol. The molecule has 5 rings (SSSR count). The molecule has 1 atom stereocenters. The van der Waals surface area contributed by atoms with Gasteiger partial charge in [-0.25, -0.2) is 0 Å². The van der Waals surface area contributed by atoms with E-state index in [-0.39, 0.29) is 30.4 Å². The predicted octanol–water partition coefficient (Wildman–Crippen LogP) is 5.89. The summed E-state index contributed by atoms with van der Waals surface area (Å²) in [6.45, 7) is 2.53. The number of carbonyl (C=O) groups is 2. The van der Waals surface area contributed by atoms with Crippen LogP contribution >= 0.6 is 11.6 Å². The molecular weight excluding hydrogens is 532 g/mol. The number of aryl methyl sites for hydroxylation is 1. The maximum Gasteiger partial charge on any atom is 0.187 e. The summed E-state index contributed by atoms with van der Waals surface area (Å²) in [5.41, 5.74) is 5.22. The van der Waals surface area contributed by atoms with Gasteiger partial charge in [-0.2, -0.15) is 5.26 Å². The molecule has 0 N–H and O–H groups in total. The normalized spacial score (nSPS) is 13.7. The number of carbonyl (C=O) groups excluding carboxylic acids is 2. The van der Waals surface area contributed by atoms with Crippen molar-refractivity contribution in [3.05, 3.63) is 99.8 Å². The van der Waals surface area contributed by atoms with Crippen LogP contribution in [0.2, 0.25) is 5.02 Å². The van der Waals surface area contributed by atoms with Crippen molar-refractivity contribution in [2.75, 3.05) is 6.61 Å². The Morgan fingerprint density at radius 2 is 1.80 bits per heavy atom. The van der Waals surface area contributed by atoms with Gasteiger partial charge in [0.2, 0.25) is 0 Å². The molecule has 0 bridgehead atoms. The van der Waals surface area contributed by atoms with E-state index < -0.39 is 6.10 Å². The Kier molecular flexibility index (Phi) is 7.94. The monoisotopic (exact) mass is 554 g/mol. The summed E-state index contributed by atoms with van der Waals surface area (Å²) in [4.78, 5) is 26.7. The Labute approximate surface area is 235 Å². The molecule has 3 aromatic carbocycles. The molecule has 0 fully saturated rings. The van der Waals surface area contributed by atoms with Crippen LogP contribution in [0.1, 0.15) is 32.6 Å². The fourth-order valence-electron chi connectivity index (χ4n) is 4.19. The lowest BCUT2D eigenvalue weighted by molar-refractivity contribution is -0.115. The lowest BCUT2D eigenvalue weighted by Gasteiger charge is -2.23. The number of fused-ring (bicyclic) bond motifs is 1. The quantitative estimate of drug-likeness (QED) is 0.236. The summed E-state index contributed by atoms with van der Waals surface area (Å²) in [6, 6.07) is 18.4. The molecule has 200 valence electrons. The van der Waals surface area contributed by atoms with Crippen molar-refractivity contribution in [1.29, 1.82) is 5.26 Å². The third kappa shape index (κ3) is 5.90. The molecule has 0 spiro atoms. The third-order valence-electron chi connectivity index (χ3n) is 6.35. The highest BCUT2D eigenvalue weighted by atomic mass is 35.5. The van der Waals surface area contributed by atoms with Crippen LogP contribution in [0.5, 0.6) is 23.0 Å². The van der Waals surface area contributed by atoms with Crippen LogP contribution in [0.4, 0.5) is 0 Å². The first-order valence-electron chi connectivity index (χ1n) is 12.3. The second kappa shape index (κ2) is 11.9. The van der Waals surface area contributed by atoms with E-state index in [2.05, 4.69) is 4.98 Å². The van der Waals surface area contributed by atoms with Crippen LogP contribution in [-0.4, -0.2) is 30.3 Å². The number of ether oxygens (including phenoxy) is 4. The van der Waals surface area contributed by atoms with Gasteiger partial charge >= 0.3 is 0 Å². The van der Waals surface area contributed by atoms with Crippen molar-refractivity contribution >= 4 is 24.2 Å². The summed E-state index contributed by atoms with van der Waals surface area (Å²) in [5, 5.41) is 9.35. The number of pyridine rings is 1. The minimum atomic E-state index is -0.617. The van der Waals surface area contributed by atoms with Crippen molar-refractivity contribution < 1.29 is 28.5 Å². The molecule has 8 nitrogen and oxygen atoms in total. The third-order valence-corrected chi connectivity index (χ3v) is 6.64. The molecule has 9 heteroatoms. The number of hydrogen-bond donors (Lipinski definition) is 0. The van der Waals surface area contributed by atoms with Crippen molar-refractivity contribution in [2.45, 2.75) is 26.2 Å². The molecule has 1 aromatic heterocycles. The van der Waals surface area contributed by atoms with Crippen LogP contribution < -0.4 is 18.9 Å². The number of rotatable bonds is 9. The minimum Gasteiger partial charge on any atom is -0.488 e. The summed E-state index contributed by atoms with van der Waals surface area (Å²) >= 11 is 6.40. The van der Waals surface area contributed by atoms with Gasteiger partial charge in [0.15, 0.2) is 30.2 Å². The average molecular weight is 555 g/mol. The molecule has 0 radical (unpaired) electrons. The van der Waals surface area contributed by atoms with Gasteiger partial charge < -0.3 is 18.9 Å². The first-order chi connectivity index (χ1) is 19.5. The Morgan fingerprint density at radius 3 is 2.58 bits per heavy atom. The van der Waals surface area contributed by atoms with E-state index in [9.17, 15) is 9.59 Å². The number of aldehydes is 2.